The van der Waals surface area contributed by atoms with Crippen molar-refractivity contribution in [2.24, 2.45) is 5.73 Å². The molecular weight excluding hydrogens is 309 g/mol. The Kier molecular flexibility index (Phi) is 5.73. The van der Waals surface area contributed by atoms with Crippen molar-refractivity contribution >= 4 is 15.7 Å². The van der Waals surface area contributed by atoms with Gasteiger partial charge in [0.25, 0.3) is 0 Å². The first-order valence-corrected chi connectivity index (χ1v) is 7.59. The lowest BCUT2D eigenvalue weighted by molar-refractivity contribution is -0.144. The van der Waals surface area contributed by atoms with Crippen molar-refractivity contribution in [1.29, 1.82) is 5.41 Å². The fourth-order valence-electron chi connectivity index (χ4n) is 1.42. The zero-order valence-corrected chi connectivity index (χ0v) is 11.8. The monoisotopic (exact) mass is 324 g/mol. The number of rotatable bonds is 7. The number of nitrogen functional groups attached to an aromatic ring is 1. The third kappa shape index (κ3) is 6.13. The van der Waals surface area contributed by atoms with Gasteiger partial charge >= 0.3 is 6.18 Å². The van der Waals surface area contributed by atoms with Gasteiger partial charge in [0.15, 0.2) is 9.84 Å². The van der Waals surface area contributed by atoms with Crippen LogP contribution in [0.5, 0.6) is 0 Å². The minimum absolute atomic E-state index is 0.00641. The molecule has 21 heavy (non-hydrogen) atoms. The van der Waals surface area contributed by atoms with Crippen LogP contribution < -0.4 is 5.73 Å². The van der Waals surface area contributed by atoms with E-state index in [4.69, 9.17) is 11.1 Å². The Bertz CT molecular complexity index is 583. The Labute approximate surface area is 120 Å². The lowest BCUT2D eigenvalue weighted by atomic mass is 10.2. The molecule has 5 nitrogen and oxygen atoms in total. The average Bonchev–Trinajstić information content (AvgIpc) is 2.37. The van der Waals surface area contributed by atoms with Gasteiger partial charge in [0.1, 0.15) is 5.84 Å². The van der Waals surface area contributed by atoms with Crippen molar-refractivity contribution in [3.05, 3.63) is 29.8 Å². The molecule has 118 valence electrons. The van der Waals surface area contributed by atoms with Crippen LogP contribution in [0.4, 0.5) is 13.2 Å². The van der Waals surface area contributed by atoms with E-state index in [1.165, 1.54) is 24.3 Å². The highest BCUT2D eigenvalue weighted by Crippen LogP contribution is 2.19. The Hall–Kier alpha value is -1.61. The first-order chi connectivity index (χ1) is 9.62. The molecule has 0 saturated carbocycles. The van der Waals surface area contributed by atoms with Crippen molar-refractivity contribution in [2.75, 3.05) is 19.0 Å². The van der Waals surface area contributed by atoms with E-state index in [0.29, 0.717) is 5.56 Å². The van der Waals surface area contributed by atoms with E-state index < -0.39 is 34.8 Å². The molecule has 0 atom stereocenters. The standard InChI is InChI=1S/C12H15F3N2O3S/c13-12(14,15)5-6-20-7-8-21(18,19)10-3-1-9(2-4-10)11(16)17/h1-4H,5-8H2,(H3,16,17). The van der Waals surface area contributed by atoms with Crippen LogP contribution in [0.3, 0.4) is 0 Å². The topological polar surface area (TPSA) is 93.2 Å². The maximum Gasteiger partial charge on any atom is 0.391 e. The average molecular weight is 324 g/mol. The van der Waals surface area contributed by atoms with Crippen molar-refractivity contribution in [2.45, 2.75) is 17.5 Å². The fourth-order valence-corrected chi connectivity index (χ4v) is 2.54. The van der Waals surface area contributed by atoms with Gasteiger partial charge in [0.05, 0.1) is 30.3 Å². The first kappa shape index (κ1) is 17.4. The zero-order chi connectivity index (χ0) is 16.1. The third-order valence-corrected chi connectivity index (χ3v) is 4.25. The molecule has 0 spiro atoms. The van der Waals surface area contributed by atoms with Gasteiger partial charge in [-0.3, -0.25) is 5.41 Å². The van der Waals surface area contributed by atoms with Crippen LogP contribution in [0.15, 0.2) is 29.2 Å². The molecule has 0 aromatic heterocycles. The maximum atomic E-state index is 11.9. The molecule has 0 aliphatic heterocycles. The SMILES string of the molecule is N=C(N)c1ccc(S(=O)(=O)CCOCCC(F)(F)F)cc1. The predicted molar refractivity (Wildman–Crippen MR) is 71.0 cm³/mol. The Morgan fingerprint density at radius 2 is 1.76 bits per heavy atom. The number of ether oxygens (including phenoxy) is 1. The van der Waals surface area contributed by atoms with E-state index in [1.54, 1.807) is 0 Å². The Morgan fingerprint density at radius 3 is 2.24 bits per heavy atom. The first-order valence-electron chi connectivity index (χ1n) is 5.93. The number of amidine groups is 1. The van der Waals surface area contributed by atoms with Crippen LogP contribution in [0.1, 0.15) is 12.0 Å². The van der Waals surface area contributed by atoms with Crippen molar-refractivity contribution in [1.82, 2.24) is 0 Å². The minimum Gasteiger partial charge on any atom is -0.384 e. The van der Waals surface area contributed by atoms with Crippen molar-refractivity contribution in [3.8, 4) is 0 Å². The van der Waals surface area contributed by atoms with Gasteiger partial charge in [-0.1, -0.05) is 12.1 Å². The van der Waals surface area contributed by atoms with E-state index >= 15 is 0 Å². The van der Waals surface area contributed by atoms with Crippen LogP contribution in [-0.2, 0) is 14.6 Å². The molecule has 0 unspecified atom stereocenters. The minimum atomic E-state index is -4.32. The summed E-state index contributed by atoms with van der Waals surface area (Å²) in [5.74, 6) is -0.598. The molecule has 0 fully saturated rings. The number of benzene rings is 1. The summed E-state index contributed by atoms with van der Waals surface area (Å²) in [6.07, 6.45) is -5.43. The van der Waals surface area contributed by atoms with Gasteiger partial charge in [0.2, 0.25) is 0 Å². The highest BCUT2D eigenvalue weighted by molar-refractivity contribution is 7.91. The highest BCUT2D eigenvalue weighted by atomic mass is 32.2. The van der Waals surface area contributed by atoms with E-state index in [1.807, 2.05) is 0 Å². The summed E-state index contributed by atoms with van der Waals surface area (Å²) < 4.78 is 64.0. The molecule has 0 radical (unpaired) electrons. The van der Waals surface area contributed by atoms with Crippen molar-refractivity contribution < 1.29 is 26.3 Å². The number of hydrogen-bond donors (Lipinski definition) is 2. The van der Waals surface area contributed by atoms with E-state index in [-0.39, 0.29) is 17.3 Å². The maximum absolute atomic E-state index is 11.9. The number of hydrogen-bond acceptors (Lipinski definition) is 4. The van der Waals surface area contributed by atoms with Crippen LogP contribution in [0.2, 0.25) is 0 Å². The molecule has 0 bridgehead atoms. The van der Waals surface area contributed by atoms with Gasteiger partial charge in [-0.2, -0.15) is 13.2 Å². The predicted octanol–water partition coefficient (Wildman–Crippen LogP) is 1.71. The number of nitrogens with two attached hydrogens (primary N) is 1. The van der Waals surface area contributed by atoms with Crippen LogP contribution >= 0.6 is 0 Å². The summed E-state index contributed by atoms with van der Waals surface area (Å²) in [6, 6.07) is 5.36. The van der Waals surface area contributed by atoms with Gasteiger partial charge < -0.3 is 10.5 Å². The smallest absolute Gasteiger partial charge is 0.384 e. The second kappa shape index (κ2) is 6.90. The molecule has 0 heterocycles. The molecule has 0 aliphatic carbocycles. The number of halogens is 3. The van der Waals surface area contributed by atoms with E-state index in [0.717, 1.165) is 0 Å². The van der Waals surface area contributed by atoms with E-state index in [2.05, 4.69) is 4.74 Å². The van der Waals surface area contributed by atoms with Gasteiger partial charge in [0, 0.05) is 5.56 Å². The van der Waals surface area contributed by atoms with Crippen LogP contribution in [0, 0.1) is 5.41 Å². The van der Waals surface area contributed by atoms with Crippen molar-refractivity contribution in [3.63, 3.8) is 0 Å². The molecule has 1 aromatic carbocycles. The van der Waals surface area contributed by atoms with Crippen LogP contribution in [-0.4, -0.2) is 39.4 Å². The highest BCUT2D eigenvalue weighted by Gasteiger charge is 2.26. The number of nitrogens with one attached hydrogen (secondary N) is 1. The molecule has 1 rings (SSSR count). The molecule has 3 N–H and O–H groups in total. The quantitative estimate of drug-likeness (QED) is 0.454. The summed E-state index contributed by atoms with van der Waals surface area (Å²) in [4.78, 5) is 0.00641. The molecule has 1 aromatic rings. The molecule has 0 saturated heterocycles. The summed E-state index contributed by atoms with van der Waals surface area (Å²) >= 11 is 0. The Balaban J connectivity index is 2.52. The van der Waals surface area contributed by atoms with Gasteiger partial charge in [-0.15, -0.1) is 0 Å². The normalized spacial score (nSPS) is 12.3. The third-order valence-electron chi connectivity index (χ3n) is 2.55. The molecule has 0 amide bonds. The second-order valence-electron chi connectivity index (χ2n) is 4.23. The Morgan fingerprint density at radius 1 is 1.19 bits per heavy atom. The summed E-state index contributed by atoms with van der Waals surface area (Å²) in [6.45, 7) is -0.880. The van der Waals surface area contributed by atoms with Gasteiger partial charge in [-0.25, -0.2) is 8.42 Å². The summed E-state index contributed by atoms with van der Waals surface area (Å²) in [5.41, 5.74) is 5.63. The summed E-state index contributed by atoms with van der Waals surface area (Å²) in [5, 5.41) is 7.19. The number of sulfone groups is 1. The summed E-state index contributed by atoms with van der Waals surface area (Å²) in [7, 11) is -3.64. The fraction of sp³-hybridized carbons (Fsp3) is 0.417. The lowest BCUT2D eigenvalue weighted by Gasteiger charge is -2.08. The zero-order valence-electron chi connectivity index (χ0n) is 11.0. The largest absolute Gasteiger partial charge is 0.391 e. The van der Waals surface area contributed by atoms with Gasteiger partial charge in [-0.05, 0) is 12.1 Å². The number of alkyl halides is 3. The van der Waals surface area contributed by atoms with E-state index in [9.17, 15) is 21.6 Å². The molecule has 0 aliphatic rings. The molecular formula is C12H15F3N2O3S. The second-order valence-corrected chi connectivity index (χ2v) is 6.34. The molecule has 9 heteroatoms. The van der Waals surface area contributed by atoms with Crippen LogP contribution in [0.25, 0.3) is 0 Å². The lowest BCUT2D eigenvalue weighted by Crippen LogP contribution is -2.16.